The molecule has 3 N–H and O–H groups in total. The molecule has 2 bridgehead atoms. The van der Waals surface area contributed by atoms with Crippen molar-refractivity contribution < 1.29 is 13.6 Å². The van der Waals surface area contributed by atoms with E-state index in [2.05, 4.69) is 15.2 Å². The monoisotopic (exact) mass is 432 g/mol. The highest BCUT2D eigenvalue weighted by Crippen LogP contribution is 2.40. The van der Waals surface area contributed by atoms with Gasteiger partial charge < -0.3 is 11.1 Å². The Bertz CT molecular complexity index is 786. The third-order valence-electron chi connectivity index (χ3n) is 7.30. The molecular weight excluding hydrogens is 398 g/mol. The zero-order valence-corrected chi connectivity index (χ0v) is 18.3. The molecule has 170 valence electrons. The number of fused-ring (bicyclic) bond motifs is 2. The van der Waals surface area contributed by atoms with Crippen molar-refractivity contribution in [2.45, 2.75) is 88.4 Å². The van der Waals surface area contributed by atoms with Crippen LogP contribution in [0.5, 0.6) is 0 Å². The first-order valence-electron chi connectivity index (χ1n) is 11.6. The average Bonchev–Trinajstić information content (AvgIpc) is 3.27. The second kappa shape index (κ2) is 9.23. The zero-order valence-electron chi connectivity index (χ0n) is 18.3. The van der Waals surface area contributed by atoms with Crippen LogP contribution in [-0.4, -0.2) is 47.2 Å². The molecule has 1 amide bonds. The van der Waals surface area contributed by atoms with Crippen molar-refractivity contribution in [2.75, 3.05) is 6.54 Å². The Morgan fingerprint density at radius 2 is 1.94 bits per heavy atom. The molecule has 2 heterocycles. The quantitative estimate of drug-likeness (QED) is 0.505. The molecule has 0 radical (unpaired) electrons. The third-order valence-corrected chi connectivity index (χ3v) is 7.30. The minimum absolute atomic E-state index is 0.0880. The molecule has 1 aromatic rings. The molecule has 1 aromatic carbocycles. The SMILES string of the molecule is CC(N)=NC1CC2CCC1N2CC[C@H](NC(=O)C1CCC(F)(F)CC1)c1ccccc1. The van der Waals surface area contributed by atoms with Crippen LogP contribution in [0.3, 0.4) is 0 Å². The van der Waals surface area contributed by atoms with E-state index in [1.807, 2.05) is 37.3 Å². The first kappa shape index (κ1) is 22.2. The van der Waals surface area contributed by atoms with E-state index in [1.54, 1.807) is 0 Å². The molecule has 4 rings (SSSR count). The van der Waals surface area contributed by atoms with Crippen molar-refractivity contribution in [1.29, 1.82) is 0 Å². The Morgan fingerprint density at radius 1 is 1.23 bits per heavy atom. The fraction of sp³-hybridized carbons (Fsp3) is 0.667. The number of carbonyl (C=O) groups excluding carboxylic acids is 1. The lowest BCUT2D eigenvalue weighted by Gasteiger charge is -2.30. The molecule has 31 heavy (non-hydrogen) atoms. The summed E-state index contributed by atoms with van der Waals surface area (Å²) in [7, 11) is 0. The van der Waals surface area contributed by atoms with E-state index >= 15 is 0 Å². The lowest BCUT2D eigenvalue weighted by molar-refractivity contribution is -0.130. The molecule has 3 fully saturated rings. The number of amidine groups is 1. The maximum atomic E-state index is 13.5. The van der Waals surface area contributed by atoms with Crippen molar-refractivity contribution in [2.24, 2.45) is 16.6 Å². The van der Waals surface area contributed by atoms with Crippen LogP contribution in [0.1, 0.15) is 69.9 Å². The second-order valence-electron chi connectivity index (χ2n) is 9.50. The van der Waals surface area contributed by atoms with Gasteiger partial charge in [-0.3, -0.25) is 14.7 Å². The van der Waals surface area contributed by atoms with Crippen molar-refractivity contribution in [3.63, 3.8) is 0 Å². The number of nitrogens with one attached hydrogen (secondary N) is 1. The van der Waals surface area contributed by atoms with Gasteiger partial charge in [0, 0.05) is 37.4 Å². The van der Waals surface area contributed by atoms with E-state index in [0.29, 0.717) is 17.9 Å². The highest BCUT2D eigenvalue weighted by atomic mass is 19.3. The maximum Gasteiger partial charge on any atom is 0.248 e. The van der Waals surface area contributed by atoms with Crippen LogP contribution in [-0.2, 0) is 4.79 Å². The van der Waals surface area contributed by atoms with Gasteiger partial charge in [0.05, 0.1) is 17.9 Å². The summed E-state index contributed by atoms with van der Waals surface area (Å²) < 4.78 is 27.0. The van der Waals surface area contributed by atoms with Gasteiger partial charge in [0.25, 0.3) is 0 Å². The van der Waals surface area contributed by atoms with Crippen LogP contribution in [0, 0.1) is 5.92 Å². The van der Waals surface area contributed by atoms with Gasteiger partial charge in [0.2, 0.25) is 11.8 Å². The van der Waals surface area contributed by atoms with Gasteiger partial charge in [-0.2, -0.15) is 0 Å². The fourth-order valence-electron chi connectivity index (χ4n) is 5.69. The van der Waals surface area contributed by atoms with Crippen LogP contribution in [0.25, 0.3) is 0 Å². The Kier molecular flexibility index (Phi) is 6.60. The molecule has 1 saturated carbocycles. The predicted molar refractivity (Wildman–Crippen MR) is 118 cm³/mol. The number of benzene rings is 1. The minimum atomic E-state index is -2.62. The summed E-state index contributed by atoms with van der Waals surface area (Å²) in [6, 6.07) is 11.1. The summed E-state index contributed by atoms with van der Waals surface area (Å²) in [5.74, 6) is -2.38. The summed E-state index contributed by atoms with van der Waals surface area (Å²) >= 11 is 0. The number of halogens is 2. The van der Waals surface area contributed by atoms with Gasteiger partial charge in [-0.05, 0) is 51.0 Å². The normalized spacial score (nSPS) is 29.8. The number of rotatable bonds is 7. The van der Waals surface area contributed by atoms with Gasteiger partial charge >= 0.3 is 0 Å². The first-order valence-corrected chi connectivity index (χ1v) is 11.6. The van der Waals surface area contributed by atoms with Gasteiger partial charge in [0.15, 0.2) is 0 Å². The van der Waals surface area contributed by atoms with Crippen molar-refractivity contribution in [3.05, 3.63) is 35.9 Å². The minimum Gasteiger partial charge on any atom is -0.388 e. The molecule has 5 nitrogen and oxygen atoms in total. The van der Waals surface area contributed by atoms with Crippen molar-refractivity contribution in [1.82, 2.24) is 10.2 Å². The highest BCUT2D eigenvalue weighted by molar-refractivity contribution is 5.79. The third kappa shape index (κ3) is 5.25. The lowest BCUT2D eigenvalue weighted by atomic mass is 9.86. The van der Waals surface area contributed by atoms with Gasteiger partial charge in [0.1, 0.15) is 0 Å². The average molecular weight is 433 g/mol. The number of hydrogen-bond acceptors (Lipinski definition) is 3. The summed E-state index contributed by atoms with van der Waals surface area (Å²) in [6.07, 6.45) is 4.32. The Balaban J connectivity index is 1.40. The van der Waals surface area contributed by atoms with E-state index in [9.17, 15) is 13.6 Å². The molecule has 4 atom stereocenters. The largest absolute Gasteiger partial charge is 0.388 e. The number of amides is 1. The number of aliphatic imine (C=N–C) groups is 1. The highest BCUT2D eigenvalue weighted by Gasteiger charge is 2.46. The number of nitrogens with zero attached hydrogens (tertiary/aromatic N) is 2. The summed E-state index contributed by atoms with van der Waals surface area (Å²) in [5.41, 5.74) is 6.89. The molecular formula is C24H34F2N4O. The molecule has 0 aromatic heterocycles. The summed E-state index contributed by atoms with van der Waals surface area (Å²) in [5, 5.41) is 3.19. The van der Waals surface area contributed by atoms with Crippen LogP contribution < -0.4 is 11.1 Å². The predicted octanol–water partition coefficient (Wildman–Crippen LogP) is 4.04. The summed E-state index contributed by atoms with van der Waals surface area (Å²) in [4.78, 5) is 20.1. The van der Waals surface area contributed by atoms with Gasteiger partial charge in [-0.25, -0.2) is 8.78 Å². The van der Waals surface area contributed by atoms with Gasteiger partial charge in [-0.1, -0.05) is 30.3 Å². The van der Waals surface area contributed by atoms with Crippen molar-refractivity contribution >= 4 is 11.7 Å². The fourth-order valence-corrected chi connectivity index (χ4v) is 5.69. The Labute approximate surface area is 183 Å². The van der Waals surface area contributed by atoms with E-state index in [1.165, 1.54) is 6.42 Å². The van der Waals surface area contributed by atoms with Crippen LogP contribution in [0.15, 0.2) is 35.3 Å². The molecule has 3 aliphatic rings. The Morgan fingerprint density at radius 3 is 2.61 bits per heavy atom. The molecule has 2 saturated heterocycles. The van der Waals surface area contributed by atoms with E-state index in [-0.39, 0.29) is 49.6 Å². The topological polar surface area (TPSA) is 70.7 Å². The summed E-state index contributed by atoms with van der Waals surface area (Å²) in [6.45, 7) is 2.73. The molecule has 2 aliphatic heterocycles. The second-order valence-corrected chi connectivity index (χ2v) is 9.50. The Hall–Kier alpha value is -2.02. The molecule has 0 spiro atoms. The van der Waals surface area contributed by atoms with Gasteiger partial charge in [-0.15, -0.1) is 0 Å². The van der Waals surface area contributed by atoms with Crippen LogP contribution in [0.4, 0.5) is 8.78 Å². The van der Waals surface area contributed by atoms with Crippen LogP contribution >= 0.6 is 0 Å². The molecule has 1 aliphatic carbocycles. The zero-order chi connectivity index (χ0) is 22.0. The standard InChI is InChI=1S/C24H34F2N4O/c1-16(27)28-21-15-19-7-8-22(21)30(19)14-11-20(17-5-3-2-4-6-17)29-23(31)18-9-12-24(25,26)13-10-18/h2-6,18-22H,7-15H2,1H3,(H2,27,28)(H,29,31)/t19?,20-,21?,22?/m0/s1. The molecule has 7 heteroatoms. The van der Waals surface area contributed by atoms with Crippen LogP contribution in [0.2, 0.25) is 0 Å². The van der Waals surface area contributed by atoms with E-state index < -0.39 is 5.92 Å². The smallest absolute Gasteiger partial charge is 0.248 e. The number of alkyl halides is 2. The van der Waals surface area contributed by atoms with E-state index in [4.69, 9.17) is 5.73 Å². The number of nitrogens with two attached hydrogens (primary N) is 1. The first-order chi connectivity index (χ1) is 14.8. The van der Waals surface area contributed by atoms with E-state index in [0.717, 1.165) is 31.4 Å². The maximum absolute atomic E-state index is 13.5. The number of hydrogen-bond donors (Lipinski definition) is 2. The van der Waals surface area contributed by atoms with Crippen molar-refractivity contribution in [3.8, 4) is 0 Å². The molecule has 3 unspecified atom stereocenters. The lowest BCUT2D eigenvalue weighted by Crippen LogP contribution is -2.40. The number of carbonyl (C=O) groups is 1.